The highest BCUT2D eigenvalue weighted by Crippen LogP contribution is 2.28. The molecule has 1 saturated carbocycles. The van der Waals surface area contributed by atoms with Gasteiger partial charge < -0.3 is 10.2 Å². The van der Waals surface area contributed by atoms with Gasteiger partial charge in [0.15, 0.2) is 0 Å². The summed E-state index contributed by atoms with van der Waals surface area (Å²) in [5.41, 5.74) is 2.44. The van der Waals surface area contributed by atoms with Gasteiger partial charge in [-0.2, -0.15) is 0 Å². The van der Waals surface area contributed by atoms with E-state index in [2.05, 4.69) is 34.2 Å². The van der Waals surface area contributed by atoms with Crippen molar-refractivity contribution >= 4 is 5.82 Å². The monoisotopic (exact) mass is 260 g/mol. The van der Waals surface area contributed by atoms with Crippen LogP contribution >= 0.6 is 0 Å². The molecule has 1 aliphatic carbocycles. The Kier molecular flexibility index (Phi) is 3.71. The van der Waals surface area contributed by atoms with Gasteiger partial charge in [0.1, 0.15) is 5.82 Å². The summed E-state index contributed by atoms with van der Waals surface area (Å²) in [5, 5.41) is 3.19. The topological polar surface area (TPSA) is 31.4 Å². The van der Waals surface area contributed by atoms with E-state index in [1.54, 1.807) is 0 Å². The van der Waals surface area contributed by atoms with Crippen LogP contribution in [0.1, 0.15) is 24.1 Å². The molecule has 0 bridgehead atoms. The molecule has 2 fully saturated rings. The summed E-state index contributed by atoms with van der Waals surface area (Å²) < 4.78 is 0. The fourth-order valence-electron chi connectivity index (χ4n) is 2.89. The van der Waals surface area contributed by atoms with Crippen molar-refractivity contribution in [3.05, 3.63) is 23.4 Å². The Hall–Kier alpha value is -1.13. The Bertz CT molecular complexity index is 434. The lowest BCUT2D eigenvalue weighted by atomic mass is 10.2. The summed E-state index contributed by atoms with van der Waals surface area (Å²) in [6, 6.07) is 5.28. The average molecular weight is 260 g/mol. The smallest absolute Gasteiger partial charge is 0.128 e. The number of aryl methyl sites for hydroxylation is 1. The predicted octanol–water partition coefficient (Wildman–Crippen LogP) is 1.39. The van der Waals surface area contributed by atoms with Crippen molar-refractivity contribution in [2.24, 2.45) is 0 Å². The molecule has 4 nitrogen and oxygen atoms in total. The van der Waals surface area contributed by atoms with Crippen molar-refractivity contribution in [3.8, 4) is 0 Å². The summed E-state index contributed by atoms with van der Waals surface area (Å²) in [5.74, 6) is 1.15. The average Bonchev–Trinajstić information content (AvgIpc) is 3.26. The molecule has 19 heavy (non-hydrogen) atoms. The van der Waals surface area contributed by atoms with Gasteiger partial charge in [-0.05, 0) is 38.4 Å². The standard InChI is InChI=1S/C15H24N4/c1-12-13(11-16-2)3-6-15(17-12)19-9-7-18(8-10-19)14-4-5-14/h3,6,14,16H,4-5,7-11H2,1-2H3. The molecule has 1 aromatic rings. The third kappa shape index (κ3) is 2.90. The summed E-state index contributed by atoms with van der Waals surface area (Å²) in [4.78, 5) is 9.83. The summed E-state index contributed by atoms with van der Waals surface area (Å²) in [6.45, 7) is 7.64. The van der Waals surface area contributed by atoms with Gasteiger partial charge in [0.2, 0.25) is 0 Å². The molecule has 104 valence electrons. The highest BCUT2D eigenvalue weighted by atomic mass is 15.3. The minimum Gasteiger partial charge on any atom is -0.354 e. The quantitative estimate of drug-likeness (QED) is 0.886. The van der Waals surface area contributed by atoms with Crippen LogP contribution in [0.5, 0.6) is 0 Å². The van der Waals surface area contributed by atoms with Gasteiger partial charge in [0.25, 0.3) is 0 Å². The molecule has 1 aliphatic heterocycles. The van der Waals surface area contributed by atoms with Gasteiger partial charge in [-0.15, -0.1) is 0 Å². The number of piperazine rings is 1. The Morgan fingerprint density at radius 1 is 1.21 bits per heavy atom. The van der Waals surface area contributed by atoms with E-state index in [1.807, 2.05) is 7.05 Å². The van der Waals surface area contributed by atoms with Crippen LogP contribution in [0, 0.1) is 6.92 Å². The van der Waals surface area contributed by atoms with Crippen molar-refractivity contribution in [2.75, 3.05) is 38.1 Å². The van der Waals surface area contributed by atoms with Crippen LogP contribution in [0.4, 0.5) is 5.82 Å². The maximum atomic E-state index is 4.77. The van der Waals surface area contributed by atoms with Crippen LogP contribution in [-0.4, -0.2) is 49.2 Å². The molecule has 2 heterocycles. The zero-order chi connectivity index (χ0) is 13.2. The second-order valence-electron chi connectivity index (χ2n) is 5.70. The predicted molar refractivity (Wildman–Crippen MR) is 78.5 cm³/mol. The van der Waals surface area contributed by atoms with E-state index in [4.69, 9.17) is 4.98 Å². The molecule has 4 heteroatoms. The second kappa shape index (κ2) is 5.47. The van der Waals surface area contributed by atoms with Crippen molar-refractivity contribution in [1.29, 1.82) is 0 Å². The maximum absolute atomic E-state index is 4.77. The van der Waals surface area contributed by atoms with E-state index >= 15 is 0 Å². The first-order valence-electron chi connectivity index (χ1n) is 7.38. The Labute approximate surface area is 115 Å². The number of hydrogen-bond donors (Lipinski definition) is 1. The molecule has 0 aromatic carbocycles. The van der Waals surface area contributed by atoms with E-state index in [1.165, 1.54) is 31.5 Å². The lowest BCUT2D eigenvalue weighted by Crippen LogP contribution is -2.47. The Morgan fingerprint density at radius 3 is 2.53 bits per heavy atom. The third-order valence-corrected chi connectivity index (χ3v) is 4.25. The lowest BCUT2D eigenvalue weighted by molar-refractivity contribution is 0.247. The number of rotatable bonds is 4. The normalized spacial score (nSPS) is 20.8. The fourth-order valence-corrected chi connectivity index (χ4v) is 2.89. The molecule has 0 atom stereocenters. The fraction of sp³-hybridized carbons (Fsp3) is 0.667. The number of hydrogen-bond acceptors (Lipinski definition) is 4. The van der Waals surface area contributed by atoms with Crippen LogP contribution in [0.2, 0.25) is 0 Å². The van der Waals surface area contributed by atoms with E-state index in [0.29, 0.717) is 0 Å². The highest BCUT2D eigenvalue weighted by Gasteiger charge is 2.31. The highest BCUT2D eigenvalue weighted by molar-refractivity contribution is 5.42. The minimum absolute atomic E-state index is 0.897. The summed E-state index contributed by atoms with van der Waals surface area (Å²) in [6.07, 6.45) is 2.83. The van der Waals surface area contributed by atoms with Gasteiger partial charge in [-0.25, -0.2) is 4.98 Å². The van der Waals surface area contributed by atoms with Gasteiger partial charge in [-0.3, -0.25) is 4.90 Å². The van der Waals surface area contributed by atoms with Crippen LogP contribution in [-0.2, 0) is 6.54 Å². The largest absolute Gasteiger partial charge is 0.354 e. The van der Waals surface area contributed by atoms with Gasteiger partial charge in [-0.1, -0.05) is 6.07 Å². The van der Waals surface area contributed by atoms with Crippen molar-refractivity contribution in [1.82, 2.24) is 15.2 Å². The zero-order valence-corrected chi connectivity index (χ0v) is 12.0. The summed E-state index contributed by atoms with van der Waals surface area (Å²) in [7, 11) is 1.98. The third-order valence-electron chi connectivity index (χ3n) is 4.25. The van der Waals surface area contributed by atoms with Crippen LogP contribution < -0.4 is 10.2 Å². The first-order valence-corrected chi connectivity index (χ1v) is 7.38. The number of nitrogens with zero attached hydrogens (tertiary/aromatic N) is 3. The van der Waals surface area contributed by atoms with E-state index in [-0.39, 0.29) is 0 Å². The molecule has 0 radical (unpaired) electrons. The Balaban J connectivity index is 1.64. The lowest BCUT2D eigenvalue weighted by Gasteiger charge is -2.35. The molecule has 1 aromatic heterocycles. The number of pyridine rings is 1. The van der Waals surface area contributed by atoms with E-state index in [9.17, 15) is 0 Å². The first kappa shape index (κ1) is 12.9. The summed E-state index contributed by atoms with van der Waals surface area (Å²) >= 11 is 0. The van der Waals surface area contributed by atoms with Crippen LogP contribution in [0.3, 0.4) is 0 Å². The number of nitrogens with one attached hydrogen (secondary N) is 1. The minimum atomic E-state index is 0.897. The molecular formula is C15H24N4. The van der Waals surface area contributed by atoms with Crippen LogP contribution in [0.15, 0.2) is 12.1 Å². The van der Waals surface area contributed by atoms with Crippen molar-refractivity contribution < 1.29 is 0 Å². The first-order chi connectivity index (χ1) is 9.28. The van der Waals surface area contributed by atoms with Gasteiger partial charge in [0, 0.05) is 44.5 Å². The van der Waals surface area contributed by atoms with Gasteiger partial charge in [0.05, 0.1) is 0 Å². The zero-order valence-electron chi connectivity index (χ0n) is 12.0. The Morgan fingerprint density at radius 2 is 1.95 bits per heavy atom. The van der Waals surface area contributed by atoms with E-state index < -0.39 is 0 Å². The number of anilines is 1. The van der Waals surface area contributed by atoms with Gasteiger partial charge >= 0.3 is 0 Å². The van der Waals surface area contributed by atoms with Crippen molar-refractivity contribution in [2.45, 2.75) is 32.4 Å². The number of aromatic nitrogens is 1. The molecule has 2 aliphatic rings. The van der Waals surface area contributed by atoms with Crippen molar-refractivity contribution in [3.63, 3.8) is 0 Å². The molecule has 0 spiro atoms. The molecular weight excluding hydrogens is 236 g/mol. The molecule has 0 unspecified atom stereocenters. The molecule has 1 saturated heterocycles. The molecule has 3 rings (SSSR count). The maximum Gasteiger partial charge on any atom is 0.128 e. The van der Waals surface area contributed by atoms with Crippen LogP contribution in [0.25, 0.3) is 0 Å². The second-order valence-corrected chi connectivity index (χ2v) is 5.70. The van der Waals surface area contributed by atoms with E-state index in [0.717, 1.165) is 37.2 Å². The SMILES string of the molecule is CNCc1ccc(N2CCN(C3CC3)CC2)nc1C. The molecule has 0 amide bonds. The molecule has 1 N–H and O–H groups in total.